The van der Waals surface area contributed by atoms with Gasteiger partial charge in [-0.05, 0) is 18.4 Å². The van der Waals surface area contributed by atoms with Gasteiger partial charge in [0, 0.05) is 18.7 Å². The first-order valence-corrected chi connectivity index (χ1v) is 7.44. The van der Waals surface area contributed by atoms with E-state index in [0.29, 0.717) is 31.2 Å². The second-order valence-corrected chi connectivity index (χ2v) is 5.69. The van der Waals surface area contributed by atoms with Crippen LogP contribution in [0.5, 0.6) is 0 Å². The van der Waals surface area contributed by atoms with Crippen LogP contribution in [0.1, 0.15) is 32.0 Å². The van der Waals surface area contributed by atoms with Gasteiger partial charge in [0.15, 0.2) is 0 Å². The van der Waals surface area contributed by atoms with E-state index in [1.807, 2.05) is 0 Å². The van der Waals surface area contributed by atoms with Crippen LogP contribution in [0, 0.1) is 11.7 Å². The number of nitrogens with one attached hydrogen (secondary N) is 1. The normalized spacial score (nSPS) is 18.8. The molecule has 0 aromatic heterocycles. The molecule has 1 saturated heterocycles. The summed E-state index contributed by atoms with van der Waals surface area (Å²) < 4.78 is 19.4. The molecule has 4 nitrogen and oxygen atoms in total. The van der Waals surface area contributed by atoms with Crippen LogP contribution in [0.3, 0.4) is 0 Å². The highest BCUT2D eigenvalue weighted by molar-refractivity contribution is 5.80. The highest BCUT2D eigenvalue weighted by Gasteiger charge is 2.32. The summed E-state index contributed by atoms with van der Waals surface area (Å²) in [4.78, 5) is 13.6. The molecule has 2 rings (SSSR count). The van der Waals surface area contributed by atoms with Gasteiger partial charge in [-0.2, -0.15) is 0 Å². The van der Waals surface area contributed by atoms with Crippen molar-refractivity contribution in [3.05, 3.63) is 35.6 Å². The molecule has 0 bridgehead atoms. The predicted octanol–water partition coefficient (Wildman–Crippen LogP) is 2.32. The molecule has 1 aromatic rings. The Hall–Kier alpha value is -1.46. The Balaban J connectivity index is 1.90. The minimum Gasteiger partial charge on any atom is -0.380 e. The summed E-state index contributed by atoms with van der Waals surface area (Å²) in [5.74, 6) is 0.289. The third-order valence-electron chi connectivity index (χ3n) is 3.59. The molecule has 1 N–H and O–H groups in total. The number of nitrogens with zero attached hydrogens (tertiary/aromatic N) is 1. The largest absolute Gasteiger partial charge is 0.380 e. The molecule has 5 heteroatoms. The van der Waals surface area contributed by atoms with Gasteiger partial charge in [-0.1, -0.05) is 32.0 Å². The number of hydrogen-bond acceptors (Lipinski definition) is 3. The van der Waals surface area contributed by atoms with Crippen molar-refractivity contribution in [2.24, 2.45) is 5.92 Å². The summed E-state index contributed by atoms with van der Waals surface area (Å²) >= 11 is 0. The molecular formula is C16H23FN2O2. The average Bonchev–Trinajstić information content (AvgIpc) is 2.80. The minimum absolute atomic E-state index is 0.0179. The fourth-order valence-corrected chi connectivity index (χ4v) is 2.35. The van der Waals surface area contributed by atoms with E-state index in [1.54, 1.807) is 23.1 Å². The first-order valence-electron chi connectivity index (χ1n) is 7.44. The molecule has 0 aliphatic carbocycles. The maximum absolute atomic E-state index is 13.9. The van der Waals surface area contributed by atoms with Crippen molar-refractivity contribution in [3.63, 3.8) is 0 Å². The number of halogens is 1. The van der Waals surface area contributed by atoms with Crippen molar-refractivity contribution >= 4 is 5.91 Å². The Morgan fingerprint density at radius 3 is 2.86 bits per heavy atom. The van der Waals surface area contributed by atoms with E-state index in [9.17, 15) is 9.18 Å². The van der Waals surface area contributed by atoms with Crippen molar-refractivity contribution in [1.82, 2.24) is 10.2 Å². The second-order valence-electron chi connectivity index (χ2n) is 5.69. The van der Waals surface area contributed by atoms with Crippen molar-refractivity contribution in [1.29, 1.82) is 0 Å². The van der Waals surface area contributed by atoms with Gasteiger partial charge in [0.2, 0.25) is 5.91 Å². The Morgan fingerprint density at radius 1 is 1.38 bits per heavy atom. The Morgan fingerprint density at radius 2 is 2.14 bits per heavy atom. The topological polar surface area (TPSA) is 41.6 Å². The van der Waals surface area contributed by atoms with Crippen LogP contribution in [0.4, 0.5) is 4.39 Å². The third-order valence-corrected chi connectivity index (χ3v) is 3.59. The highest BCUT2D eigenvalue weighted by atomic mass is 19.1. The zero-order valence-electron chi connectivity index (χ0n) is 12.6. The van der Waals surface area contributed by atoms with Crippen LogP contribution in [0.15, 0.2) is 24.3 Å². The van der Waals surface area contributed by atoms with Gasteiger partial charge < -0.3 is 9.64 Å². The average molecular weight is 294 g/mol. The van der Waals surface area contributed by atoms with E-state index in [2.05, 4.69) is 19.2 Å². The lowest BCUT2D eigenvalue weighted by Crippen LogP contribution is -2.33. The molecule has 1 aliphatic heterocycles. The lowest BCUT2D eigenvalue weighted by Gasteiger charge is -2.25. The Labute approximate surface area is 125 Å². The minimum atomic E-state index is -0.396. The number of rotatable bonds is 7. The lowest BCUT2D eigenvalue weighted by molar-refractivity contribution is -0.128. The second kappa shape index (κ2) is 7.52. The number of carbonyl (C=O) groups is 1. The van der Waals surface area contributed by atoms with Gasteiger partial charge >= 0.3 is 0 Å². The summed E-state index contributed by atoms with van der Waals surface area (Å²) in [5.41, 5.74) is 0.505. The molecule has 1 amide bonds. The maximum Gasteiger partial charge on any atom is 0.238 e. The zero-order chi connectivity index (χ0) is 15.2. The molecule has 1 fully saturated rings. The van der Waals surface area contributed by atoms with Crippen LogP contribution in [-0.2, 0) is 9.53 Å². The van der Waals surface area contributed by atoms with Crippen LogP contribution < -0.4 is 5.32 Å². The van der Waals surface area contributed by atoms with Gasteiger partial charge in [-0.15, -0.1) is 0 Å². The van der Waals surface area contributed by atoms with E-state index in [4.69, 9.17) is 4.74 Å². The molecule has 1 aliphatic rings. The smallest absolute Gasteiger partial charge is 0.238 e. The van der Waals surface area contributed by atoms with E-state index < -0.39 is 6.17 Å². The summed E-state index contributed by atoms with van der Waals surface area (Å²) in [6.45, 7) is 6.17. The molecule has 0 spiro atoms. The van der Waals surface area contributed by atoms with Crippen molar-refractivity contribution in [2.75, 3.05) is 26.3 Å². The van der Waals surface area contributed by atoms with E-state index in [-0.39, 0.29) is 18.3 Å². The van der Waals surface area contributed by atoms with Crippen LogP contribution >= 0.6 is 0 Å². The lowest BCUT2D eigenvalue weighted by atomic mass is 10.1. The predicted molar refractivity (Wildman–Crippen MR) is 79.1 cm³/mol. The molecule has 0 radical (unpaired) electrons. The van der Waals surface area contributed by atoms with Crippen molar-refractivity contribution in [3.8, 4) is 0 Å². The zero-order valence-corrected chi connectivity index (χ0v) is 12.6. The van der Waals surface area contributed by atoms with Gasteiger partial charge in [-0.25, -0.2) is 4.39 Å². The first kappa shape index (κ1) is 15.9. The molecule has 21 heavy (non-hydrogen) atoms. The Kier molecular flexibility index (Phi) is 5.70. The van der Waals surface area contributed by atoms with Gasteiger partial charge in [0.25, 0.3) is 0 Å². The first-order chi connectivity index (χ1) is 10.1. The van der Waals surface area contributed by atoms with Crippen molar-refractivity contribution < 1.29 is 13.9 Å². The summed E-state index contributed by atoms with van der Waals surface area (Å²) in [6.07, 6.45) is 0.607. The van der Waals surface area contributed by atoms with E-state index >= 15 is 0 Å². The summed E-state index contributed by atoms with van der Waals surface area (Å²) in [5, 5.41) is 3.05. The molecule has 0 saturated carbocycles. The van der Waals surface area contributed by atoms with Crippen molar-refractivity contribution in [2.45, 2.75) is 26.4 Å². The standard InChI is InChI=1S/C16H23FN2O2/c1-12(2)7-9-21-10-8-19-15(20)11-18-16(19)13-5-3-4-6-14(13)17/h3-6,12,16,18H,7-11H2,1-2H3. The third kappa shape index (κ3) is 4.25. The molecule has 1 unspecified atom stereocenters. The van der Waals surface area contributed by atoms with E-state index in [0.717, 1.165) is 6.42 Å². The summed E-state index contributed by atoms with van der Waals surface area (Å²) in [7, 11) is 0. The Bertz CT molecular complexity index is 479. The monoisotopic (exact) mass is 294 g/mol. The molecule has 116 valence electrons. The van der Waals surface area contributed by atoms with Crippen LogP contribution in [0.25, 0.3) is 0 Å². The molecule has 1 aromatic carbocycles. The number of carbonyl (C=O) groups excluding carboxylic acids is 1. The molecule has 1 heterocycles. The van der Waals surface area contributed by atoms with Gasteiger partial charge in [0.05, 0.1) is 13.2 Å². The van der Waals surface area contributed by atoms with Gasteiger partial charge in [0.1, 0.15) is 12.0 Å². The fraction of sp³-hybridized carbons (Fsp3) is 0.562. The maximum atomic E-state index is 13.9. The molecular weight excluding hydrogens is 271 g/mol. The quantitative estimate of drug-likeness (QED) is 0.785. The van der Waals surface area contributed by atoms with Gasteiger partial charge in [-0.3, -0.25) is 10.1 Å². The number of hydrogen-bond donors (Lipinski definition) is 1. The highest BCUT2D eigenvalue weighted by Crippen LogP contribution is 2.24. The molecule has 1 atom stereocenters. The number of ether oxygens (including phenoxy) is 1. The summed E-state index contributed by atoms with van der Waals surface area (Å²) in [6, 6.07) is 6.55. The fourth-order valence-electron chi connectivity index (χ4n) is 2.35. The van der Waals surface area contributed by atoms with E-state index in [1.165, 1.54) is 6.07 Å². The number of benzene rings is 1. The number of amides is 1. The SMILES string of the molecule is CC(C)CCOCCN1C(=O)CNC1c1ccccc1F. The van der Waals surface area contributed by atoms with Crippen LogP contribution in [0.2, 0.25) is 0 Å². The van der Waals surface area contributed by atoms with Crippen LogP contribution in [-0.4, -0.2) is 37.1 Å².